The van der Waals surface area contributed by atoms with Gasteiger partial charge in [0.2, 0.25) is 0 Å². The smallest absolute Gasteiger partial charge is 0.315 e. The van der Waals surface area contributed by atoms with Gasteiger partial charge in [0.15, 0.2) is 5.78 Å². The monoisotopic (exact) mass is 361 g/mol. The Hall–Kier alpha value is -2.45. The summed E-state index contributed by atoms with van der Waals surface area (Å²) < 4.78 is 0. The third-order valence-corrected chi connectivity index (χ3v) is 4.55. The molecule has 0 fully saturated rings. The molecule has 8 heteroatoms. The number of ketones is 1. The van der Waals surface area contributed by atoms with Gasteiger partial charge in [0.1, 0.15) is 5.69 Å². The van der Waals surface area contributed by atoms with Crippen molar-refractivity contribution >= 4 is 28.8 Å². The third-order valence-electron chi connectivity index (χ3n) is 3.74. The number of Topliss-reactive ketones (excluding diaryl/α,β-unsaturated/α-hetero) is 1. The summed E-state index contributed by atoms with van der Waals surface area (Å²) in [5.41, 5.74) is 13.9. The molecule has 0 aliphatic rings. The fraction of sp³-hybridized carbons (Fsp3) is 0.353. The molecule has 0 saturated carbocycles. The Morgan fingerprint density at radius 2 is 1.96 bits per heavy atom. The molecule has 2 aromatic rings. The van der Waals surface area contributed by atoms with Gasteiger partial charge in [-0.3, -0.25) is 9.78 Å². The third kappa shape index (κ3) is 5.54. The van der Waals surface area contributed by atoms with Gasteiger partial charge < -0.3 is 21.3 Å². The number of anilines is 1. The van der Waals surface area contributed by atoms with E-state index in [0.717, 1.165) is 17.7 Å². The first-order chi connectivity index (χ1) is 11.9. The van der Waals surface area contributed by atoms with Gasteiger partial charge in [-0.25, -0.2) is 4.79 Å². The van der Waals surface area contributed by atoms with E-state index in [0.29, 0.717) is 24.5 Å². The van der Waals surface area contributed by atoms with Crippen molar-refractivity contribution in [2.24, 2.45) is 5.73 Å². The second kappa shape index (κ2) is 8.59. The number of rotatable bonds is 8. The van der Waals surface area contributed by atoms with Crippen molar-refractivity contribution in [3.05, 3.63) is 45.9 Å². The fourth-order valence-electron chi connectivity index (χ4n) is 2.23. The van der Waals surface area contributed by atoms with E-state index in [1.54, 1.807) is 23.2 Å². The van der Waals surface area contributed by atoms with Gasteiger partial charge in [-0.15, -0.1) is 11.3 Å². The number of amides is 2. The number of carbonyl (C=O) groups is 2. The summed E-state index contributed by atoms with van der Waals surface area (Å²) in [5.74, 6) is -0.0870. The van der Waals surface area contributed by atoms with Crippen LogP contribution in [0.25, 0.3) is 0 Å². The number of hydrogen-bond acceptors (Lipinski definition) is 6. The van der Waals surface area contributed by atoms with Gasteiger partial charge in [0.25, 0.3) is 0 Å². The van der Waals surface area contributed by atoms with Crippen LogP contribution in [0.2, 0.25) is 0 Å². The van der Waals surface area contributed by atoms with Crippen LogP contribution in [0.3, 0.4) is 0 Å². The summed E-state index contributed by atoms with van der Waals surface area (Å²) in [5, 5.41) is 3.68. The average Bonchev–Trinajstić information content (AvgIpc) is 2.96. The van der Waals surface area contributed by atoms with Crippen LogP contribution in [0, 0.1) is 0 Å². The zero-order valence-electron chi connectivity index (χ0n) is 14.4. The van der Waals surface area contributed by atoms with E-state index in [9.17, 15) is 9.59 Å². The Morgan fingerprint density at radius 1 is 1.20 bits per heavy atom. The molecule has 0 radical (unpaired) electrons. The molecular weight excluding hydrogens is 338 g/mol. The second-order valence-electron chi connectivity index (χ2n) is 6.07. The van der Waals surface area contributed by atoms with Crippen LogP contribution in [0.5, 0.6) is 0 Å². The number of primary amides is 1. The molecule has 0 aliphatic heterocycles. The van der Waals surface area contributed by atoms with Gasteiger partial charge in [-0.2, -0.15) is 0 Å². The molecule has 0 aromatic carbocycles. The number of pyridine rings is 1. The largest absolute Gasteiger partial charge is 0.398 e. The van der Waals surface area contributed by atoms with Crippen molar-refractivity contribution in [1.29, 1.82) is 0 Å². The highest BCUT2D eigenvalue weighted by molar-refractivity contribution is 7.08. The Labute approximate surface area is 151 Å². The van der Waals surface area contributed by atoms with Crippen molar-refractivity contribution in [3.8, 4) is 0 Å². The van der Waals surface area contributed by atoms with Crippen LogP contribution in [-0.2, 0) is 13.0 Å². The van der Waals surface area contributed by atoms with Crippen molar-refractivity contribution in [2.75, 3.05) is 32.9 Å². The molecule has 134 valence electrons. The van der Waals surface area contributed by atoms with Crippen LogP contribution < -0.4 is 11.5 Å². The summed E-state index contributed by atoms with van der Waals surface area (Å²) in [7, 11) is 3.86. The molecule has 0 spiro atoms. The lowest BCUT2D eigenvalue weighted by molar-refractivity contribution is 0.0988. The minimum atomic E-state index is -0.477. The lowest BCUT2D eigenvalue weighted by Gasteiger charge is -2.22. The van der Waals surface area contributed by atoms with Crippen molar-refractivity contribution < 1.29 is 9.59 Å². The number of nitrogens with two attached hydrogens (primary N) is 2. The number of aromatic nitrogens is 1. The summed E-state index contributed by atoms with van der Waals surface area (Å²) in [4.78, 5) is 31.6. The second-order valence-corrected chi connectivity index (χ2v) is 6.81. The van der Waals surface area contributed by atoms with Gasteiger partial charge >= 0.3 is 6.03 Å². The van der Waals surface area contributed by atoms with Crippen LogP contribution in [0.15, 0.2) is 29.1 Å². The van der Waals surface area contributed by atoms with Crippen molar-refractivity contribution in [1.82, 2.24) is 14.8 Å². The molecule has 4 N–H and O–H groups in total. The number of carbonyl (C=O) groups excluding carboxylic acids is 2. The van der Waals surface area contributed by atoms with E-state index in [1.807, 2.05) is 29.8 Å². The molecular formula is C17H23N5O2S. The summed E-state index contributed by atoms with van der Waals surface area (Å²) in [6, 6.07) is 2.99. The van der Waals surface area contributed by atoms with E-state index in [1.165, 1.54) is 11.3 Å². The van der Waals surface area contributed by atoms with E-state index >= 15 is 0 Å². The number of likely N-dealkylation sites (N-methyl/N-ethyl adjacent to an activating group) is 1. The number of urea groups is 1. The predicted molar refractivity (Wildman–Crippen MR) is 99.6 cm³/mol. The number of nitrogens with zero attached hydrogens (tertiary/aromatic N) is 3. The fourth-order valence-corrected chi connectivity index (χ4v) is 2.98. The molecule has 0 bridgehead atoms. The maximum atomic E-state index is 12.3. The molecule has 2 heterocycles. The van der Waals surface area contributed by atoms with Gasteiger partial charge in [-0.1, -0.05) is 6.07 Å². The Bertz CT molecular complexity index is 727. The highest BCUT2D eigenvalue weighted by atomic mass is 32.1. The highest BCUT2D eigenvalue weighted by Gasteiger charge is 2.14. The molecule has 2 aromatic heterocycles. The zero-order valence-corrected chi connectivity index (χ0v) is 15.3. The van der Waals surface area contributed by atoms with Gasteiger partial charge in [0, 0.05) is 43.3 Å². The van der Waals surface area contributed by atoms with Crippen LogP contribution >= 0.6 is 11.3 Å². The minimum absolute atomic E-state index is 0.0870. The van der Waals surface area contributed by atoms with E-state index in [4.69, 9.17) is 11.5 Å². The molecule has 0 saturated heterocycles. The van der Waals surface area contributed by atoms with Gasteiger partial charge in [0.05, 0.1) is 0 Å². The van der Waals surface area contributed by atoms with Crippen LogP contribution in [-0.4, -0.2) is 53.8 Å². The topological polar surface area (TPSA) is 106 Å². The molecule has 0 aliphatic carbocycles. The Balaban J connectivity index is 1.99. The maximum Gasteiger partial charge on any atom is 0.315 e. The Morgan fingerprint density at radius 3 is 2.48 bits per heavy atom. The van der Waals surface area contributed by atoms with Gasteiger partial charge in [-0.05, 0) is 36.7 Å². The zero-order chi connectivity index (χ0) is 18.4. The first-order valence-corrected chi connectivity index (χ1v) is 8.79. The molecule has 0 atom stereocenters. The lowest BCUT2D eigenvalue weighted by Crippen LogP contribution is -2.39. The molecule has 25 heavy (non-hydrogen) atoms. The first-order valence-electron chi connectivity index (χ1n) is 7.84. The summed E-state index contributed by atoms with van der Waals surface area (Å²) in [6.07, 6.45) is 1.84. The predicted octanol–water partition coefficient (Wildman–Crippen LogP) is 1.59. The minimum Gasteiger partial charge on any atom is -0.398 e. The van der Waals surface area contributed by atoms with E-state index in [-0.39, 0.29) is 12.2 Å². The normalized spacial score (nSPS) is 10.8. The number of thiophene rings is 1. The molecule has 2 rings (SSSR count). The molecule has 7 nitrogen and oxygen atoms in total. The van der Waals surface area contributed by atoms with Crippen molar-refractivity contribution in [2.45, 2.75) is 13.0 Å². The number of hydrogen-bond donors (Lipinski definition) is 2. The maximum absolute atomic E-state index is 12.3. The number of nitrogen functional groups attached to an aromatic ring is 1. The van der Waals surface area contributed by atoms with Crippen LogP contribution in [0.1, 0.15) is 21.6 Å². The SMILES string of the molecule is CN(C)CCN(Cc1ccc(C(=O)Cc2cscc2N)nc1)C(N)=O. The molecule has 2 amide bonds. The van der Waals surface area contributed by atoms with E-state index < -0.39 is 6.03 Å². The quantitative estimate of drug-likeness (QED) is 0.695. The Kier molecular flexibility index (Phi) is 6.49. The van der Waals surface area contributed by atoms with Crippen molar-refractivity contribution in [3.63, 3.8) is 0 Å². The molecule has 0 unspecified atom stereocenters. The average molecular weight is 361 g/mol. The summed E-state index contributed by atoms with van der Waals surface area (Å²) in [6.45, 7) is 1.61. The standard InChI is InChI=1S/C17H23N5O2S/c1-21(2)5-6-22(17(19)24)9-12-3-4-15(20-8-12)16(23)7-13-10-25-11-14(13)18/h3-4,8,10-11H,5-7,9,18H2,1-2H3,(H2,19,24). The first kappa shape index (κ1) is 18.9. The highest BCUT2D eigenvalue weighted by Crippen LogP contribution is 2.19. The van der Waals surface area contributed by atoms with Crippen LogP contribution in [0.4, 0.5) is 10.5 Å². The lowest BCUT2D eigenvalue weighted by atomic mass is 10.1. The summed E-state index contributed by atoms with van der Waals surface area (Å²) >= 11 is 1.47. The van der Waals surface area contributed by atoms with E-state index in [2.05, 4.69) is 4.98 Å².